The van der Waals surface area contributed by atoms with E-state index in [1.54, 1.807) is 36.4 Å². The zero-order valence-corrected chi connectivity index (χ0v) is 18.3. The van der Waals surface area contributed by atoms with E-state index in [9.17, 15) is 13.2 Å². The lowest BCUT2D eigenvalue weighted by Gasteiger charge is -2.06. The summed E-state index contributed by atoms with van der Waals surface area (Å²) in [5.74, 6) is 0.651. The number of hydrogen-bond acceptors (Lipinski definition) is 7. The van der Waals surface area contributed by atoms with Crippen molar-refractivity contribution in [1.29, 1.82) is 0 Å². The van der Waals surface area contributed by atoms with Gasteiger partial charge in [-0.1, -0.05) is 37.0 Å². The fourth-order valence-electron chi connectivity index (χ4n) is 2.82. The minimum absolute atomic E-state index is 0.00681. The molecule has 164 valence electrons. The van der Waals surface area contributed by atoms with Crippen LogP contribution in [-0.2, 0) is 16.3 Å². The van der Waals surface area contributed by atoms with Crippen LogP contribution in [0, 0.1) is 0 Å². The van der Waals surface area contributed by atoms with Crippen LogP contribution in [0.5, 0.6) is 5.75 Å². The van der Waals surface area contributed by atoms with Crippen LogP contribution in [-0.4, -0.2) is 37.4 Å². The van der Waals surface area contributed by atoms with Crippen LogP contribution in [0.1, 0.15) is 48.0 Å². The molecule has 0 atom stereocenters. The van der Waals surface area contributed by atoms with E-state index < -0.39 is 9.84 Å². The lowest BCUT2D eigenvalue weighted by Crippen LogP contribution is -2.12. The summed E-state index contributed by atoms with van der Waals surface area (Å²) in [7, 11) is -3.25. The van der Waals surface area contributed by atoms with E-state index in [4.69, 9.17) is 9.15 Å². The summed E-state index contributed by atoms with van der Waals surface area (Å²) in [5.41, 5.74) is 1.25. The molecule has 0 radical (unpaired) electrons. The fraction of sp³-hybridized carbons (Fsp3) is 0.318. The highest BCUT2D eigenvalue weighted by Crippen LogP contribution is 2.17. The first-order valence-electron chi connectivity index (χ1n) is 10.0. The van der Waals surface area contributed by atoms with Gasteiger partial charge in [-0.2, -0.15) is 0 Å². The highest BCUT2D eigenvalue weighted by atomic mass is 32.2. The average molecular weight is 444 g/mol. The Kier molecular flexibility index (Phi) is 7.41. The van der Waals surface area contributed by atoms with E-state index in [1.807, 2.05) is 0 Å². The molecule has 3 aromatic rings. The molecule has 0 unspecified atom stereocenters. The minimum atomic E-state index is -3.25. The molecule has 3 rings (SSSR count). The van der Waals surface area contributed by atoms with Gasteiger partial charge in [0.05, 0.1) is 17.9 Å². The fourth-order valence-corrected chi connectivity index (χ4v) is 3.45. The molecule has 2 aromatic carbocycles. The second kappa shape index (κ2) is 10.2. The van der Waals surface area contributed by atoms with Gasteiger partial charge in [-0.3, -0.25) is 10.1 Å². The first-order valence-corrected chi connectivity index (χ1v) is 11.9. The van der Waals surface area contributed by atoms with E-state index in [1.165, 1.54) is 12.1 Å². The van der Waals surface area contributed by atoms with Crippen molar-refractivity contribution < 1.29 is 22.4 Å². The highest BCUT2D eigenvalue weighted by molar-refractivity contribution is 7.90. The number of nitrogens with one attached hydrogen (secondary N) is 1. The van der Waals surface area contributed by atoms with Crippen molar-refractivity contribution in [2.75, 3.05) is 18.2 Å². The molecule has 1 heterocycles. The Hall–Kier alpha value is -3.20. The predicted octanol–water partition coefficient (Wildman–Crippen LogP) is 3.89. The van der Waals surface area contributed by atoms with Crippen molar-refractivity contribution >= 4 is 21.8 Å². The van der Waals surface area contributed by atoms with E-state index in [0.29, 0.717) is 24.5 Å². The predicted molar refractivity (Wildman–Crippen MR) is 116 cm³/mol. The molecule has 0 bridgehead atoms. The minimum Gasteiger partial charge on any atom is -0.494 e. The number of amides is 1. The molecule has 0 fully saturated rings. The largest absolute Gasteiger partial charge is 0.494 e. The van der Waals surface area contributed by atoms with Crippen LogP contribution in [0.3, 0.4) is 0 Å². The van der Waals surface area contributed by atoms with Crippen LogP contribution in [0.2, 0.25) is 0 Å². The summed E-state index contributed by atoms with van der Waals surface area (Å²) in [5, 5.41) is 10.3. The van der Waals surface area contributed by atoms with Crippen molar-refractivity contribution in [1.82, 2.24) is 10.2 Å². The molecule has 31 heavy (non-hydrogen) atoms. The summed E-state index contributed by atoms with van der Waals surface area (Å²) in [6.07, 6.45) is 4.73. The number of benzene rings is 2. The molecule has 0 saturated carbocycles. The van der Waals surface area contributed by atoms with Crippen LogP contribution >= 0.6 is 0 Å². The van der Waals surface area contributed by atoms with E-state index in [-0.39, 0.29) is 16.8 Å². The summed E-state index contributed by atoms with van der Waals surface area (Å²) < 4.78 is 34.2. The molecule has 0 aliphatic rings. The number of carbonyl (C=O) groups excluding carboxylic acids is 1. The number of rotatable bonds is 10. The quantitative estimate of drug-likeness (QED) is 0.473. The van der Waals surface area contributed by atoms with Gasteiger partial charge in [0.15, 0.2) is 9.84 Å². The summed E-state index contributed by atoms with van der Waals surface area (Å²) in [6, 6.07) is 13.3. The number of ether oxygens (including phenoxy) is 1. The van der Waals surface area contributed by atoms with Gasteiger partial charge in [-0.25, -0.2) is 8.42 Å². The van der Waals surface area contributed by atoms with Crippen LogP contribution in [0.25, 0.3) is 0 Å². The Morgan fingerprint density at radius 1 is 1.03 bits per heavy atom. The van der Waals surface area contributed by atoms with Crippen molar-refractivity contribution in [2.24, 2.45) is 0 Å². The zero-order chi connectivity index (χ0) is 22.3. The Morgan fingerprint density at radius 2 is 1.74 bits per heavy atom. The number of hydrogen-bond donors (Lipinski definition) is 1. The van der Waals surface area contributed by atoms with E-state index in [0.717, 1.165) is 36.8 Å². The number of nitrogens with zero attached hydrogens (tertiary/aromatic N) is 2. The smallest absolute Gasteiger partial charge is 0.322 e. The molecule has 9 heteroatoms. The van der Waals surface area contributed by atoms with Gasteiger partial charge >= 0.3 is 6.01 Å². The summed E-state index contributed by atoms with van der Waals surface area (Å²) in [6.45, 7) is 2.79. The van der Waals surface area contributed by atoms with Crippen molar-refractivity contribution in [3.63, 3.8) is 0 Å². The molecular formula is C22H25N3O5S. The lowest BCUT2D eigenvalue weighted by molar-refractivity contribution is 0.102. The molecular weight excluding hydrogens is 418 g/mol. The Morgan fingerprint density at radius 3 is 2.39 bits per heavy atom. The van der Waals surface area contributed by atoms with Crippen molar-refractivity contribution in [3.8, 4) is 5.75 Å². The molecule has 0 saturated heterocycles. The Bertz CT molecular complexity index is 1110. The number of anilines is 1. The molecule has 1 N–H and O–H groups in total. The monoisotopic (exact) mass is 443 g/mol. The molecule has 1 amide bonds. The third-order valence-electron chi connectivity index (χ3n) is 4.53. The Labute approximate surface area is 181 Å². The van der Waals surface area contributed by atoms with E-state index in [2.05, 4.69) is 22.4 Å². The van der Waals surface area contributed by atoms with Gasteiger partial charge in [-0.05, 0) is 48.4 Å². The maximum Gasteiger partial charge on any atom is 0.322 e. The lowest BCUT2D eigenvalue weighted by atomic mass is 10.1. The Balaban J connectivity index is 1.55. The van der Waals surface area contributed by atoms with Crippen molar-refractivity contribution in [2.45, 2.75) is 37.5 Å². The standard InChI is InChI=1S/C22H25N3O5S/c1-3-4-5-14-29-18-10-8-17(9-11-18)21(26)23-22-25-24-20(30-22)15-16-6-12-19(13-7-16)31(2,27)28/h6-13H,3-5,14-15H2,1-2H3,(H,23,25,26). The normalized spacial score (nSPS) is 11.3. The van der Waals surface area contributed by atoms with Gasteiger partial charge in [0.1, 0.15) is 5.75 Å². The molecule has 0 spiro atoms. The van der Waals surface area contributed by atoms with E-state index >= 15 is 0 Å². The maximum atomic E-state index is 12.4. The topological polar surface area (TPSA) is 111 Å². The van der Waals surface area contributed by atoms with Gasteiger partial charge in [0.25, 0.3) is 5.91 Å². The van der Waals surface area contributed by atoms with Crippen LogP contribution in [0.15, 0.2) is 57.8 Å². The number of sulfone groups is 1. The van der Waals surface area contributed by atoms with Crippen molar-refractivity contribution in [3.05, 3.63) is 65.5 Å². The molecule has 0 aliphatic heterocycles. The second-order valence-corrected chi connectivity index (χ2v) is 9.14. The van der Waals surface area contributed by atoms with Gasteiger partial charge < -0.3 is 9.15 Å². The van der Waals surface area contributed by atoms with Gasteiger partial charge in [-0.15, -0.1) is 5.10 Å². The maximum absolute atomic E-state index is 12.4. The second-order valence-electron chi connectivity index (χ2n) is 7.13. The first kappa shape index (κ1) is 22.5. The third-order valence-corrected chi connectivity index (χ3v) is 5.66. The summed E-state index contributed by atoms with van der Waals surface area (Å²) >= 11 is 0. The van der Waals surface area contributed by atoms with Crippen LogP contribution in [0.4, 0.5) is 6.01 Å². The van der Waals surface area contributed by atoms with Gasteiger partial charge in [0, 0.05) is 11.8 Å². The zero-order valence-electron chi connectivity index (χ0n) is 17.5. The SMILES string of the molecule is CCCCCOc1ccc(C(=O)Nc2nnc(Cc3ccc(S(C)(=O)=O)cc3)o2)cc1. The molecule has 0 aliphatic carbocycles. The number of unbranched alkanes of at least 4 members (excludes halogenated alkanes) is 2. The van der Waals surface area contributed by atoms with Gasteiger partial charge in [0.2, 0.25) is 5.89 Å². The average Bonchev–Trinajstić information content (AvgIpc) is 3.18. The molecule has 1 aromatic heterocycles. The third kappa shape index (κ3) is 6.65. The molecule has 8 nitrogen and oxygen atoms in total. The van der Waals surface area contributed by atoms with Crippen LogP contribution < -0.4 is 10.1 Å². The number of carbonyl (C=O) groups is 1. The number of aromatic nitrogens is 2. The highest BCUT2D eigenvalue weighted by Gasteiger charge is 2.13. The summed E-state index contributed by atoms with van der Waals surface area (Å²) in [4.78, 5) is 12.6. The first-order chi connectivity index (χ1) is 14.8.